The normalized spacial score (nSPS) is 27.8. The lowest BCUT2D eigenvalue weighted by atomic mass is 9.76. The van der Waals surface area contributed by atoms with Gasteiger partial charge in [-0.05, 0) is 17.5 Å². The number of likely N-dealkylation sites (tertiary alicyclic amines) is 1. The number of benzene rings is 2. The highest BCUT2D eigenvalue weighted by Gasteiger charge is 2.68. The van der Waals surface area contributed by atoms with Gasteiger partial charge in [0, 0.05) is 12.6 Å². The largest absolute Gasteiger partial charge is 0.480 e. The van der Waals surface area contributed by atoms with Gasteiger partial charge in [-0.1, -0.05) is 86.2 Å². The van der Waals surface area contributed by atoms with Gasteiger partial charge in [0.25, 0.3) is 0 Å². The first-order chi connectivity index (χ1) is 15.0. The summed E-state index contributed by atoms with van der Waals surface area (Å²) in [5, 5.41) is 13.5. The number of nitrogens with zero attached hydrogens (tertiary/aromatic N) is 1. The number of fused-ring (bicyclic) bond motifs is 1. The van der Waals surface area contributed by atoms with Crippen LogP contribution in [0.4, 0.5) is 0 Å². The van der Waals surface area contributed by atoms with E-state index in [-0.39, 0.29) is 5.91 Å². The highest BCUT2D eigenvalue weighted by atomic mass is 16.4. The Morgan fingerprint density at radius 2 is 1.71 bits per heavy atom. The highest BCUT2D eigenvalue weighted by molar-refractivity contribution is 6.09. The van der Waals surface area contributed by atoms with Crippen molar-refractivity contribution in [2.24, 2.45) is 11.8 Å². The van der Waals surface area contributed by atoms with E-state index in [1.807, 2.05) is 49.4 Å². The van der Waals surface area contributed by atoms with Crippen LogP contribution in [0, 0.1) is 11.8 Å². The fourth-order valence-electron chi connectivity index (χ4n) is 4.78. The molecule has 4 rings (SSSR count). The third-order valence-electron chi connectivity index (χ3n) is 6.29. The molecule has 4 unspecified atom stereocenters. The van der Waals surface area contributed by atoms with Crippen LogP contribution in [-0.2, 0) is 19.9 Å². The zero-order valence-electron chi connectivity index (χ0n) is 17.4. The molecule has 2 aliphatic rings. The second kappa shape index (κ2) is 8.47. The summed E-state index contributed by atoms with van der Waals surface area (Å²) in [6.07, 6.45) is 5.21. The van der Waals surface area contributed by atoms with Gasteiger partial charge in [-0.15, -0.1) is 0 Å². The Hall–Kier alpha value is -3.25. The first-order valence-corrected chi connectivity index (χ1v) is 10.7. The predicted octanol–water partition coefficient (Wildman–Crippen LogP) is 3.05. The topological polar surface area (TPSA) is 86.7 Å². The van der Waals surface area contributed by atoms with Crippen molar-refractivity contribution in [2.75, 3.05) is 6.54 Å². The minimum Gasteiger partial charge on any atom is -0.480 e. The monoisotopic (exact) mass is 418 g/mol. The molecule has 2 aliphatic heterocycles. The minimum atomic E-state index is -1.66. The van der Waals surface area contributed by atoms with Crippen LogP contribution in [0.3, 0.4) is 0 Å². The van der Waals surface area contributed by atoms with Crippen LogP contribution in [0.1, 0.15) is 30.9 Å². The standard InChI is InChI=1S/C25H26N2O4/c1-2-3-16-27-22(28)20-19(15-14-17-10-6-4-7-11-17)26-25(24(30)31,21(20)23(27)29)18-12-8-5-9-13-18/h4-15,19-21,26H,2-3,16H2,1H3,(H,30,31)/b15-14+. The number of unbranched alkanes of at least 4 members (excludes halogenated alkanes) is 1. The van der Waals surface area contributed by atoms with Gasteiger partial charge in [0.15, 0.2) is 5.54 Å². The molecule has 0 spiro atoms. The Morgan fingerprint density at radius 3 is 2.32 bits per heavy atom. The molecule has 2 amide bonds. The molecule has 2 aromatic rings. The third kappa shape index (κ3) is 3.47. The van der Waals surface area contributed by atoms with E-state index < -0.39 is 35.3 Å². The maximum atomic E-state index is 13.4. The summed E-state index contributed by atoms with van der Waals surface area (Å²) in [5.41, 5.74) is -0.245. The number of carboxylic acids is 1. The van der Waals surface area contributed by atoms with Crippen LogP contribution in [-0.4, -0.2) is 40.4 Å². The number of rotatable bonds is 7. The second-order valence-corrected chi connectivity index (χ2v) is 8.10. The van der Waals surface area contributed by atoms with E-state index in [0.717, 1.165) is 12.0 Å². The Morgan fingerprint density at radius 1 is 1.06 bits per heavy atom. The summed E-state index contributed by atoms with van der Waals surface area (Å²) in [6, 6.07) is 17.7. The molecule has 2 N–H and O–H groups in total. The van der Waals surface area contributed by atoms with Crippen molar-refractivity contribution in [2.45, 2.75) is 31.3 Å². The van der Waals surface area contributed by atoms with Gasteiger partial charge in [0.2, 0.25) is 11.8 Å². The average Bonchev–Trinajstić information content (AvgIpc) is 3.27. The van der Waals surface area contributed by atoms with Gasteiger partial charge in [-0.25, -0.2) is 4.79 Å². The quantitative estimate of drug-likeness (QED) is 0.675. The summed E-state index contributed by atoms with van der Waals surface area (Å²) >= 11 is 0. The fraction of sp³-hybridized carbons (Fsp3) is 0.320. The van der Waals surface area contributed by atoms with E-state index in [1.165, 1.54) is 4.90 Å². The summed E-state index contributed by atoms with van der Waals surface area (Å²) in [5.74, 6) is -3.61. The maximum absolute atomic E-state index is 13.4. The number of carbonyl (C=O) groups is 3. The van der Waals surface area contributed by atoms with E-state index in [2.05, 4.69) is 5.32 Å². The molecular formula is C25H26N2O4. The van der Waals surface area contributed by atoms with E-state index in [1.54, 1.807) is 30.3 Å². The van der Waals surface area contributed by atoms with Crippen molar-refractivity contribution in [1.29, 1.82) is 0 Å². The van der Waals surface area contributed by atoms with Gasteiger partial charge >= 0.3 is 5.97 Å². The van der Waals surface area contributed by atoms with E-state index in [0.29, 0.717) is 18.5 Å². The molecule has 2 heterocycles. The number of hydrogen-bond acceptors (Lipinski definition) is 4. The van der Waals surface area contributed by atoms with E-state index >= 15 is 0 Å². The van der Waals surface area contributed by atoms with E-state index in [4.69, 9.17) is 0 Å². The third-order valence-corrected chi connectivity index (χ3v) is 6.29. The van der Waals surface area contributed by atoms with Crippen molar-refractivity contribution in [1.82, 2.24) is 10.2 Å². The van der Waals surface area contributed by atoms with Crippen LogP contribution in [0.15, 0.2) is 66.7 Å². The molecule has 6 nitrogen and oxygen atoms in total. The first kappa shape index (κ1) is 21.0. The zero-order chi connectivity index (χ0) is 22.0. The molecule has 0 saturated carbocycles. The lowest BCUT2D eigenvalue weighted by molar-refractivity contribution is -0.152. The summed E-state index contributed by atoms with van der Waals surface area (Å²) in [7, 11) is 0. The number of carbonyl (C=O) groups excluding carboxylic acids is 2. The molecule has 0 bridgehead atoms. The minimum absolute atomic E-state index is 0.294. The van der Waals surface area contributed by atoms with Crippen molar-refractivity contribution in [3.05, 3.63) is 77.9 Å². The van der Waals surface area contributed by atoms with Crippen LogP contribution in [0.5, 0.6) is 0 Å². The van der Waals surface area contributed by atoms with Crippen LogP contribution < -0.4 is 5.32 Å². The lowest BCUT2D eigenvalue weighted by Gasteiger charge is -2.31. The lowest BCUT2D eigenvalue weighted by Crippen LogP contribution is -2.54. The molecule has 0 aliphatic carbocycles. The fourth-order valence-corrected chi connectivity index (χ4v) is 4.78. The number of amides is 2. The number of carboxylic acid groups (broad SMARTS) is 1. The Balaban J connectivity index is 1.80. The van der Waals surface area contributed by atoms with Crippen molar-refractivity contribution in [3.63, 3.8) is 0 Å². The number of imide groups is 1. The molecule has 0 radical (unpaired) electrons. The van der Waals surface area contributed by atoms with Crippen molar-refractivity contribution in [3.8, 4) is 0 Å². The molecular weight excluding hydrogens is 392 g/mol. The SMILES string of the molecule is CCCCN1C(=O)C2C(/C=C/c3ccccc3)NC(C(=O)O)(c3ccccc3)C2C1=O. The molecule has 6 heteroatoms. The number of hydrogen-bond donors (Lipinski definition) is 2. The van der Waals surface area contributed by atoms with Gasteiger partial charge in [-0.3, -0.25) is 19.8 Å². The van der Waals surface area contributed by atoms with Crippen LogP contribution in [0.2, 0.25) is 0 Å². The second-order valence-electron chi connectivity index (χ2n) is 8.10. The van der Waals surface area contributed by atoms with Gasteiger partial charge < -0.3 is 5.11 Å². The van der Waals surface area contributed by atoms with Crippen LogP contribution >= 0.6 is 0 Å². The van der Waals surface area contributed by atoms with Crippen LogP contribution in [0.25, 0.3) is 6.08 Å². The van der Waals surface area contributed by atoms with Gasteiger partial charge in [-0.2, -0.15) is 0 Å². The molecule has 31 heavy (non-hydrogen) atoms. The summed E-state index contributed by atoms with van der Waals surface area (Å²) < 4.78 is 0. The zero-order valence-corrected chi connectivity index (χ0v) is 17.4. The highest BCUT2D eigenvalue weighted by Crippen LogP contribution is 2.48. The Bertz CT molecular complexity index is 1000. The van der Waals surface area contributed by atoms with E-state index in [9.17, 15) is 19.5 Å². The maximum Gasteiger partial charge on any atom is 0.329 e. The molecule has 2 aromatic carbocycles. The average molecular weight is 418 g/mol. The summed E-state index contributed by atoms with van der Waals surface area (Å²) in [6.45, 7) is 2.31. The molecule has 160 valence electrons. The molecule has 2 saturated heterocycles. The smallest absolute Gasteiger partial charge is 0.329 e. The molecule has 2 fully saturated rings. The Labute approximate surface area is 181 Å². The predicted molar refractivity (Wildman–Crippen MR) is 117 cm³/mol. The molecule has 0 aromatic heterocycles. The Kier molecular flexibility index (Phi) is 5.74. The van der Waals surface area contributed by atoms with Crippen molar-refractivity contribution < 1.29 is 19.5 Å². The van der Waals surface area contributed by atoms with Gasteiger partial charge in [0.05, 0.1) is 11.8 Å². The number of aliphatic carboxylic acids is 1. The van der Waals surface area contributed by atoms with Gasteiger partial charge in [0.1, 0.15) is 0 Å². The van der Waals surface area contributed by atoms with Crippen molar-refractivity contribution >= 4 is 23.9 Å². The number of nitrogens with one attached hydrogen (secondary N) is 1. The summed E-state index contributed by atoms with van der Waals surface area (Å²) in [4.78, 5) is 40.7. The first-order valence-electron chi connectivity index (χ1n) is 10.7. The molecule has 4 atom stereocenters.